The third-order valence-corrected chi connectivity index (χ3v) is 6.61. The number of rotatable bonds is 4. The zero-order valence-corrected chi connectivity index (χ0v) is 16.1. The average molecular weight is 387 g/mol. The van der Waals surface area contributed by atoms with E-state index in [1.165, 1.54) is 12.1 Å². The summed E-state index contributed by atoms with van der Waals surface area (Å²) >= 11 is 5.89. The summed E-state index contributed by atoms with van der Waals surface area (Å²) in [6.07, 6.45) is 0. The van der Waals surface area contributed by atoms with E-state index >= 15 is 0 Å². The number of benzene rings is 3. The molecule has 1 aliphatic carbocycles. The molecule has 0 aromatic heterocycles. The maximum Gasteiger partial charge on any atom is 0.241 e. The van der Waals surface area contributed by atoms with Crippen molar-refractivity contribution in [3.8, 4) is 0 Å². The molecule has 0 saturated carbocycles. The number of likely N-dealkylation sites (N-methyl/N-ethyl adjacent to an activating group) is 1. The first-order chi connectivity index (χ1) is 12.4. The van der Waals surface area contributed by atoms with Crippen molar-refractivity contribution >= 4 is 32.4 Å². The van der Waals surface area contributed by atoms with Crippen LogP contribution in [0.4, 0.5) is 0 Å². The molecule has 0 radical (unpaired) electrons. The highest BCUT2D eigenvalue weighted by Crippen LogP contribution is 2.46. The minimum Gasteiger partial charge on any atom is -0.301 e. The summed E-state index contributed by atoms with van der Waals surface area (Å²) in [4.78, 5) is 2.27. The molecule has 2 atom stereocenters. The molecular formula is C20H19ClN2O2S. The van der Waals surface area contributed by atoms with Crippen LogP contribution in [0.2, 0.25) is 5.02 Å². The molecule has 1 aliphatic rings. The molecule has 4 rings (SSSR count). The van der Waals surface area contributed by atoms with Crippen molar-refractivity contribution < 1.29 is 8.42 Å². The zero-order valence-electron chi connectivity index (χ0n) is 14.5. The Kier molecular flexibility index (Phi) is 4.28. The van der Waals surface area contributed by atoms with Gasteiger partial charge in [0.2, 0.25) is 10.0 Å². The molecule has 0 saturated heterocycles. The fraction of sp³-hybridized carbons (Fsp3) is 0.200. The fourth-order valence-corrected chi connectivity index (χ4v) is 5.15. The second-order valence-electron chi connectivity index (χ2n) is 6.75. The number of sulfonamides is 1. The first-order valence-electron chi connectivity index (χ1n) is 8.34. The van der Waals surface area contributed by atoms with Crippen LogP contribution < -0.4 is 4.72 Å². The number of nitrogens with zero attached hydrogens (tertiary/aromatic N) is 1. The minimum absolute atomic E-state index is 0.0711. The summed E-state index contributed by atoms with van der Waals surface area (Å²) in [6.45, 7) is 0. The normalized spacial score (nSPS) is 19.4. The molecule has 4 nitrogen and oxygen atoms in total. The van der Waals surface area contributed by atoms with Crippen LogP contribution in [-0.4, -0.2) is 27.4 Å². The van der Waals surface area contributed by atoms with Crippen LogP contribution in [0.5, 0.6) is 0 Å². The van der Waals surface area contributed by atoms with Gasteiger partial charge in [-0.2, -0.15) is 0 Å². The lowest BCUT2D eigenvalue weighted by atomic mass is 10.0. The Morgan fingerprint density at radius 2 is 1.54 bits per heavy atom. The molecule has 1 N–H and O–H groups in total. The van der Waals surface area contributed by atoms with Gasteiger partial charge in [-0.15, -0.1) is 0 Å². The Balaban J connectivity index is 1.81. The summed E-state index contributed by atoms with van der Waals surface area (Å²) in [5.41, 5.74) is 2.15. The molecular weight excluding hydrogens is 368 g/mol. The first kappa shape index (κ1) is 17.5. The van der Waals surface area contributed by atoms with Crippen molar-refractivity contribution in [2.45, 2.75) is 17.0 Å². The fourth-order valence-electron chi connectivity index (χ4n) is 3.81. The van der Waals surface area contributed by atoms with Gasteiger partial charge in [0.1, 0.15) is 0 Å². The molecule has 134 valence electrons. The number of hydrogen-bond donors (Lipinski definition) is 1. The van der Waals surface area contributed by atoms with Crippen molar-refractivity contribution in [3.63, 3.8) is 0 Å². The van der Waals surface area contributed by atoms with Crippen LogP contribution in [0.25, 0.3) is 10.8 Å². The van der Waals surface area contributed by atoms with Gasteiger partial charge in [-0.25, -0.2) is 13.1 Å². The van der Waals surface area contributed by atoms with Crippen molar-refractivity contribution in [2.24, 2.45) is 0 Å². The molecule has 0 heterocycles. The highest BCUT2D eigenvalue weighted by Gasteiger charge is 2.38. The third kappa shape index (κ3) is 2.81. The van der Waals surface area contributed by atoms with Crippen LogP contribution in [0.3, 0.4) is 0 Å². The van der Waals surface area contributed by atoms with Gasteiger partial charge in [0.25, 0.3) is 0 Å². The lowest BCUT2D eigenvalue weighted by Gasteiger charge is -2.28. The molecule has 0 spiro atoms. The first-order valence-corrected chi connectivity index (χ1v) is 10.2. The predicted octanol–water partition coefficient (Wildman–Crippen LogP) is 4.13. The molecule has 26 heavy (non-hydrogen) atoms. The van der Waals surface area contributed by atoms with Crippen LogP contribution >= 0.6 is 11.6 Å². The topological polar surface area (TPSA) is 49.4 Å². The lowest BCUT2D eigenvalue weighted by molar-refractivity contribution is 0.258. The number of hydrogen-bond acceptors (Lipinski definition) is 3. The molecule has 0 aliphatic heterocycles. The van der Waals surface area contributed by atoms with Gasteiger partial charge >= 0.3 is 0 Å². The Labute approximate surface area is 158 Å². The molecule has 0 bridgehead atoms. The van der Waals surface area contributed by atoms with Crippen LogP contribution in [0.1, 0.15) is 23.2 Å². The van der Waals surface area contributed by atoms with E-state index in [-0.39, 0.29) is 17.0 Å². The monoisotopic (exact) mass is 386 g/mol. The van der Waals surface area contributed by atoms with Crippen LogP contribution in [0.15, 0.2) is 65.6 Å². The molecule has 0 amide bonds. The lowest BCUT2D eigenvalue weighted by Crippen LogP contribution is -2.35. The van der Waals surface area contributed by atoms with E-state index in [1.807, 2.05) is 32.3 Å². The highest BCUT2D eigenvalue weighted by atomic mass is 35.5. The smallest absolute Gasteiger partial charge is 0.241 e. The number of halogens is 1. The second-order valence-corrected chi connectivity index (χ2v) is 8.90. The summed E-state index contributed by atoms with van der Waals surface area (Å²) in [7, 11) is 0.266. The Hall–Kier alpha value is -1.92. The van der Waals surface area contributed by atoms with Gasteiger partial charge < -0.3 is 4.90 Å². The number of nitrogens with one attached hydrogen (secondary N) is 1. The maximum atomic E-state index is 13.0. The van der Waals surface area contributed by atoms with E-state index in [0.29, 0.717) is 5.02 Å². The van der Waals surface area contributed by atoms with Gasteiger partial charge in [-0.3, -0.25) is 0 Å². The zero-order chi connectivity index (χ0) is 18.5. The average Bonchev–Trinajstić information content (AvgIpc) is 2.91. The SMILES string of the molecule is CN(C)[C@H]1c2cccc3cccc(c23)[C@@H]1NS(=O)(=O)c1ccc(Cl)cc1. The van der Waals surface area contributed by atoms with Crippen LogP contribution in [0, 0.1) is 0 Å². The predicted molar refractivity (Wildman–Crippen MR) is 105 cm³/mol. The molecule has 3 aromatic carbocycles. The Morgan fingerprint density at radius 1 is 0.923 bits per heavy atom. The van der Waals surface area contributed by atoms with E-state index in [2.05, 4.69) is 27.8 Å². The van der Waals surface area contributed by atoms with Gasteiger partial charge in [-0.1, -0.05) is 48.0 Å². The van der Waals surface area contributed by atoms with Gasteiger partial charge in [0.15, 0.2) is 0 Å². The maximum absolute atomic E-state index is 13.0. The minimum atomic E-state index is -3.68. The largest absolute Gasteiger partial charge is 0.301 e. The van der Waals surface area contributed by atoms with Gasteiger partial charge in [-0.05, 0) is 60.3 Å². The van der Waals surface area contributed by atoms with Crippen LogP contribution in [-0.2, 0) is 10.0 Å². The van der Waals surface area contributed by atoms with Crippen molar-refractivity contribution in [1.29, 1.82) is 0 Å². The molecule has 0 fully saturated rings. The highest BCUT2D eigenvalue weighted by molar-refractivity contribution is 7.89. The molecule has 6 heteroatoms. The van der Waals surface area contributed by atoms with E-state index in [1.54, 1.807) is 12.1 Å². The quantitative estimate of drug-likeness (QED) is 0.733. The standard InChI is InChI=1S/C20H19ClN2O2S/c1-23(2)20-17-8-4-6-13-5-3-7-16(18(13)17)19(20)22-26(24,25)15-11-9-14(21)10-12-15/h3-12,19-20,22H,1-2H3/t19-,20-/m0/s1. The Bertz CT molecular complexity index is 1070. The van der Waals surface area contributed by atoms with Crippen molar-refractivity contribution in [2.75, 3.05) is 14.1 Å². The van der Waals surface area contributed by atoms with E-state index in [4.69, 9.17) is 11.6 Å². The van der Waals surface area contributed by atoms with E-state index in [0.717, 1.165) is 21.9 Å². The Morgan fingerprint density at radius 3 is 2.15 bits per heavy atom. The van der Waals surface area contributed by atoms with Gasteiger partial charge in [0, 0.05) is 5.02 Å². The molecule has 0 unspecified atom stereocenters. The van der Waals surface area contributed by atoms with E-state index in [9.17, 15) is 8.42 Å². The summed E-state index contributed by atoms with van der Waals surface area (Å²) in [5, 5.41) is 2.77. The summed E-state index contributed by atoms with van der Waals surface area (Å²) in [5.74, 6) is 0. The molecule has 3 aromatic rings. The summed E-state index contributed by atoms with van der Waals surface area (Å²) in [6, 6.07) is 18.0. The van der Waals surface area contributed by atoms with Crippen molar-refractivity contribution in [1.82, 2.24) is 9.62 Å². The third-order valence-electron chi connectivity index (χ3n) is 4.90. The second kappa shape index (κ2) is 6.35. The summed E-state index contributed by atoms with van der Waals surface area (Å²) < 4.78 is 28.8. The van der Waals surface area contributed by atoms with E-state index < -0.39 is 10.0 Å². The van der Waals surface area contributed by atoms with Crippen molar-refractivity contribution in [3.05, 3.63) is 76.8 Å². The van der Waals surface area contributed by atoms with Gasteiger partial charge in [0.05, 0.1) is 17.0 Å².